The Morgan fingerprint density at radius 2 is 1.58 bits per heavy atom. The number of anilines is 1. The Labute approximate surface area is 83.1 Å². The summed E-state index contributed by atoms with van der Waals surface area (Å²) in [6, 6.07) is 4.00. The van der Waals surface area contributed by atoms with Crippen LogP contribution in [0.4, 0.5) is 5.69 Å². The molecule has 2 heteroatoms. The summed E-state index contributed by atoms with van der Waals surface area (Å²) in [5, 5.41) is 0. The molecule has 0 spiro atoms. The molecule has 0 amide bonds. The van der Waals surface area contributed by atoms with Gasteiger partial charge in [-0.2, -0.15) is 0 Å². The zero-order valence-electron chi connectivity index (χ0n) is 8.11. The second-order valence-electron chi connectivity index (χ2n) is 2.46. The first kappa shape index (κ1) is 11.5. The van der Waals surface area contributed by atoms with E-state index in [1.54, 1.807) is 0 Å². The maximum atomic E-state index is 5.67. The normalized spacial score (nSPS) is 8.75. The molecule has 68 valence electrons. The molecule has 0 aromatic heterocycles. The van der Waals surface area contributed by atoms with Crippen LogP contribution in [0.5, 0.6) is 0 Å². The highest BCUT2D eigenvalue weighted by molar-refractivity contribution is 9.10. The van der Waals surface area contributed by atoms with Crippen LogP contribution in [0.1, 0.15) is 25.0 Å². The van der Waals surface area contributed by atoms with E-state index < -0.39 is 0 Å². The van der Waals surface area contributed by atoms with Gasteiger partial charge in [0, 0.05) is 10.2 Å². The van der Waals surface area contributed by atoms with Gasteiger partial charge in [0.25, 0.3) is 0 Å². The van der Waals surface area contributed by atoms with E-state index in [0.29, 0.717) is 0 Å². The summed E-state index contributed by atoms with van der Waals surface area (Å²) in [5.74, 6) is 0. The average molecular weight is 230 g/mol. The van der Waals surface area contributed by atoms with Crippen LogP contribution in [0.3, 0.4) is 0 Å². The molecule has 0 fully saturated rings. The lowest BCUT2D eigenvalue weighted by molar-refractivity contribution is 1.37. The zero-order valence-corrected chi connectivity index (χ0v) is 9.70. The second-order valence-corrected chi connectivity index (χ2v) is 3.31. The molecule has 0 aliphatic carbocycles. The number of nitrogen functional groups attached to an aromatic ring is 1. The highest BCUT2D eigenvalue weighted by Crippen LogP contribution is 2.21. The number of hydrogen-bond acceptors (Lipinski definition) is 1. The highest BCUT2D eigenvalue weighted by atomic mass is 79.9. The van der Waals surface area contributed by atoms with E-state index in [1.165, 1.54) is 5.56 Å². The van der Waals surface area contributed by atoms with E-state index in [-0.39, 0.29) is 0 Å². The molecule has 0 saturated carbocycles. The minimum absolute atomic E-state index is 0.862. The quantitative estimate of drug-likeness (QED) is 0.676. The van der Waals surface area contributed by atoms with E-state index >= 15 is 0 Å². The van der Waals surface area contributed by atoms with Crippen LogP contribution in [-0.4, -0.2) is 0 Å². The fraction of sp³-hybridized carbons (Fsp3) is 0.400. The number of benzene rings is 1. The predicted octanol–water partition coefficient (Wildman–Crippen LogP) is 3.67. The summed E-state index contributed by atoms with van der Waals surface area (Å²) in [4.78, 5) is 0. The SMILES string of the molecule is CC.Cc1cc(Br)c(C)cc1N. The summed E-state index contributed by atoms with van der Waals surface area (Å²) in [6.45, 7) is 8.03. The first-order chi connectivity index (χ1) is 5.61. The van der Waals surface area contributed by atoms with E-state index in [1.807, 2.05) is 39.8 Å². The minimum Gasteiger partial charge on any atom is -0.399 e. The van der Waals surface area contributed by atoms with Crippen molar-refractivity contribution in [3.63, 3.8) is 0 Å². The lowest BCUT2D eigenvalue weighted by Gasteiger charge is -2.02. The first-order valence-corrected chi connectivity index (χ1v) is 4.93. The van der Waals surface area contributed by atoms with Crippen molar-refractivity contribution in [1.29, 1.82) is 0 Å². The largest absolute Gasteiger partial charge is 0.399 e. The van der Waals surface area contributed by atoms with Gasteiger partial charge >= 0.3 is 0 Å². The van der Waals surface area contributed by atoms with Crippen molar-refractivity contribution >= 4 is 21.6 Å². The molecule has 1 aromatic carbocycles. The zero-order chi connectivity index (χ0) is 9.72. The maximum absolute atomic E-state index is 5.67. The monoisotopic (exact) mass is 229 g/mol. The Morgan fingerprint density at radius 1 is 1.08 bits per heavy atom. The fourth-order valence-electron chi connectivity index (χ4n) is 0.803. The van der Waals surface area contributed by atoms with Crippen LogP contribution < -0.4 is 5.73 Å². The molecule has 0 atom stereocenters. The standard InChI is InChI=1S/C8H10BrN.C2H6/c1-5-4-8(10)6(2)3-7(5)9;1-2/h3-4H,10H2,1-2H3;1-2H3. The molecule has 12 heavy (non-hydrogen) atoms. The Hall–Kier alpha value is -0.500. The van der Waals surface area contributed by atoms with Crippen molar-refractivity contribution in [3.8, 4) is 0 Å². The Bertz CT molecular complexity index is 206. The Kier molecular flexibility index (Phi) is 4.98. The molecule has 0 bridgehead atoms. The number of aryl methyl sites for hydroxylation is 2. The molecule has 0 heterocycles. The molecule has 0 aliphatic rings. The summed E-state index contributed by atoms with van der Waals surface area (Å²) in [6.07, 6.45) is 0. The van der Waals surface area contributed by atoms with E-state index in [4.69, 9.17) is 5.73 Å². The molecule has 0 radical (unpaired) electrons. The minimum atomic E-state index is 0.862. The molecule has 1 aromatic rings. The van der Waals surface area contributed by atoms with Gasteiger partial charge in [-0.25, -0.2) is 0 Å². The molecule has 0 aliphatic heterocycles. The van der Waals surface area contributed by atoms with Gasteiger partial charge in [-0.05, 0) is 37.1 Å². The van der Waals surface area contributed by atoms with Gasteiger partial charge in [0.1, 0.15) is 0 Å². The van der Waals surface area contributed by atoms with Crippen LogP contribution in [-0.2, 0) is 0 Å². The molecular weight excluding hydrogens is 214 g/mol. The van der Waals surface area contributed by atoms with Crippen molar-refractivity contribution < 1.29 is 0 Å². The molecule has 1 rings (SSSR count). The first-order valence-electron chi connectivity index (χ1n) is 4.13. The number of rotatable bonds is 0. The summed E-state index contributed by atoms with van der Waals surface area (Å²) >= 11 is 3.42. The Balaban J connectivity index is 0.000000561. The lowest BCUT2D eigenvalue weighted by Crippen LogP contribution is -1.90. The van der Waals surface area contributed by atoms with Gasteiger partial charge in [-0.3, -0.25) is 0 Å². The van der Waals surface area contributed by atoms with Crippen LogP contribution in [0.15, 0.2) is 16.6 Å². The van der Waals surface area contributed by atoms with Crippen molar-refractivity contribution in [2.45, 2.75) is 27.7 Å². The fourth-order valence-corrected chi connectivity index (χ4v) is 1.26. The van der Waals surface area contributed by atoms with Gasteiger partial charge in [0.05, 0.1) is 0 Å². The van der Waals surface area contributed by atoms with Crippen molar-refractivity contribution in [3.05, 3.63) is 27.7 Å². The maximum Gasteiger partial charge on any atom is 0.0347 e. The third kappa shape index (κ3) is 2.86. The molecule has 2 N–H and O–H groups in total. The van der Waals surface area contributed by atoms with Gasteiger partial charge < -0.3 is 5.73 Å². The van der Waals surface area contributed by atoms with Gasteiger partial charge in [-0.15, -0.1) is 0 Å². The van der Waals surface area contributed by atoms with Crippen molar-refractivity contribution in [2.24, 2.45) is 0 Å². The van der Waals surface area contributed by atoms with Crippen LogP contribution in [0.25, 0.3) is 0 Å². The molecular formula is C10H16BrN. The molecule has 0 unspecified atom stereocenters. The van der Waals surface area contributed by atoms with E-state index in [0.717, 1.165) is 15.7 Å². The highest BCUT2D eigenvalue weighted by Gasteiger charge is 1.97. The van der Waals surface area contributed by atoms with Gasteiger partial charge in [-0.1, -0.05) is 29.8 Å². The Morgan fingerprint density at radius 3 is 2.00 bits per heavy atom. The average Bonchev–Trinajstić information content (AvgIpc) is 2.05. The van der Waals surface area contributed by atoms with E-state index in [9.17, 15) is 0 Å². The lowest BCUT2D eigenvalue weighted by atomic mass is 10.1. The van der Waals surface area contributed by atoms with Crippen LogP contribution in [0, 0.1) is 13.8 Å². The van der Waals surface area contributed by atoms with Crippen molar-refractivity contribution in [1.82, 2.24) is 0 Å². The van der Waals surface area contributed by atoms with Gasteiger partial charge in [0.15, 0.2) is 0 Å². The number of halogens is 1. The van der Waals surface area contributed by atoms with Crippen molar-refractivity contribution in [2.75, 3.05) is 5.73 Å². The van der Waals surface area contributed by atoms with Crippen LogP contribution >= 0.6 is 15.9 Å². The third-order valence-electron chi connectivity index (χ3n) is 1.55. The summed E-state index contributed by atoms with van der Waals surface area (Å²) in [7, 11) is 0. The topological polar surface area (TPSA) is 26.0 Å². The molecule has 1 nitrogen and oxygen atoms in total. The molecule has 0 saturated heterocycles. The van der Waals surface area contributed by atoms with E-state index in [2.05, 4.69) is 15.9 Å². The summed E-state index contributed by atoms with van der Waals surface area (Å²) in [5.41, 5.74) is 8.84. The predicted molar refractivity (Wildman–Crippen MR) is 59.4 cm³/mol. The number of nitrogens with two attached hydrogens (primary N) is 1. The van der Waals surface area contributed by atoms with Crippen LogP contribution in [0.2, 0.25) is 0 Å². The number of hydrogen-bond donors (Lipinski definition) is 1. The second kappa shape index (κ2) is 5.20. The summed E-state index contributed by atoms with van der Waals surface area (Å²) < 4.78 is 1.12. The third-order valence-corrected chi connectivity index (χ3v) is 2.40. The van der Waals surface area contributed by atoms with Gasteiger partial charge in [0.2, 0.25) is 0 Å². The smallest absolute Gasteiger partial charge is 0.0347 e.